The Morgan fingerprint density at radius 1 is 1.07 bits per heavy atom. The van der Waals surface area contributed by atoms with Crippen molar-refractivity contribution in [2.45, 2.75) is 6.61 Å². The molecule has 0 aliphatic rings. The molecule has 0 N–H and O–H groups in total. The van der Waals surface area contributed by atoms with Crippen molar-refractivity contribution in [2.24, 2.45) is 0 Å². The molecular weight excluding hydrogens is 412 g/mol. The number of rotatable bonds is 6. The summed E-state index contributed by atoms with van der Waals surface area (Å²) in [6.45, 7) is 0.244. The van der Waals surface area contributed by atoms with Gasteiger partial charge in [-0.25, -0.2) is 4.39 Å². The zero-order valence-electron chi connectivity index (χ0n) is 15.5. The molecule has 0 aliphatic carbocycles. The molecule has 0 aromatic heterocycles. The zero-order valence-corrected chi connectivity index (χ0v) is 17.0. The number of benzene rings is 3. The summed E-state index contributed by atoms with van der Waals surface area (Å²) in [5.74, 6) is 0.631. The van der Waals surface area contributed by atoms with E-state index in [0.29, 0.717) is 32.7 Å². The van der Waals surface area contributed by atoms with Crippen LogP contribution >= 0.6 is 23.2 Å². The average Bonchev–Trinajstić information content (AvgIpc) is 2.71. The standard InChI is InChI=1S/C23H16Cl2FNO2/c1-28-23-10-15(9-18(13-27)16-3-2-4-20(26)11-16)5-8-22(23)29-14-17-6-7-19(24)12-21(17)25/h2-12H,14H2,1H3/b18-9-. The molecule has 0 saturated carbocycles. The maximum atomic E-state index is 13.5. The second-order valence-corrected chi connectivity index (χ2v) is 6.96. The Morgan fingerprint density at radius 3 is 2.59 bits per heavy atom. The van der Waals surface area contributed by atoms with Crippen molar-refractivity contribution in [1.29, 1.82) is 5.26 Å². The maximum Gasteiger partial charge on any atom is 0.161 e. The molecular formula is C23H16Cl2FNO2. The van der Waals surface area contributed by atoms with Gasteiger partial charge in [-0.1, -0.05) is 47.5 Å². The van der Waals surface area contributed by atoms with Crippen LogP contribution in [0.2, 0.25) is 10.0 Å². The Hall–Kier alpha value is -3.00. The van der Waals surface area contributed by atoms with Crippen molar-refractivity contribution < 1.29 is 13.9 Å². The molecule has 146 valence electrons. The van der Waals surface area contributed by atoms with E-state index in [4.69, 9.17) is 32.7 Å². The Balaban J connectivity index is 1.83. The first-order valence-corrected chi connectivity index (χ1v) is 9.38. The van der Waals surface area contributed by atoms with E-state index in [2.05, 4.69) is 6.07 Å². The van der Waals surface area contributed by atoms with Gasteiger partial charge in [-0.15, -0.1) is 0 Å². The number of nitriles is 1. The molecule has 3 aromatic carbocycles. The number of allylic oxidation sites excluding steroid dienone is 1. The highest BCUT2D eigenvalue weighted by molar-refractivity contribution is 6.35. The average molecular weight is 428 g/mol. The van der Waals surface area contributed by atoms with Gasteiger partial charge in [0.1, 0.15) is 12.4 Å². The summed E-state index contributed by atoms with van der Waals surface area (Å²) in [6.07, 6.45) is 1.66. The van der Waals surface area contributed by atoms with Crippen LogP contribution in [0.25, 0.3) is 11.6 Å². The molecule has 0 saturated heterocycles. The van der Waals surface area contributed by atoms with Crippen molar-refractivity contribution in [3.63, 3.8) is 0 Å². The molecule has 0 fully saturated rings. The molecule has 0 atom stereocenters. The fourth-order valence-corrected chi connectivity index (χ4v) is 3.15. The Bertz CT molecular complexity index is 1110. The molecule has 0 spiro atoms. The molecule has 0 amide bonds. The van der Waals surface area contributed by atoms with Gasteiger partial charge in [-0.05, 0) is 53.6 Å². The molecule has 0 radical (unpaired) electrons. The van der Waals surface area contributed by atoms with E-state index in [-0.39, 0.29) is 6.61 Å². The summed E-state index contributed by atoms with van der Waals surface area (Å²) in [4.78, 5) is 0. The van der Waals surface area contributed by atoms with E-state index in [9.17, 15) is 9.65 Å². The lowest BCUT2D eigenvalue weighted by Gasteiger charge is -2.12. The first kappa shape index (κ1) is 20.7. The minimum atomic E-state index is -0.397. The highest BCUT2D eigenvalue weighted by atomic mass is 35.5. The number of halogens is 3. The van der Waals surface area contributed by atoms with E-state index < -0.39 is 5.82 Å². The van der Waals surface area contributed by atoms with Gasteiger partial charge in [0, 0.05) is 15.6 Å². The topological polar surface area (TPSA) is 42.2 Å². The minimum Gasteiger partial charge on any atom is -0.493 e. The molecule has 3 rings (SSSR count). The van der Waals surface area contributed by atoms with Crippen molar-refractivity contribution in [1.82, 2.24) is 0 Å². The van der Waals surface area contributed by atoms with Gasteiger partial charge in [0.2, 0.25) is 0 Å². The smallest absolute Gasteiger partial charge is 0.161 e. The summed E-state index contributed by atoms with van der Waals surface area (Å²) >= 11 is 12.1. The lowest BCUT2D eigenvalue weighted by molar-refractivity contribution is 0.284. The van der Waals surface area contributed by atoms with Crippen LogP contribution in [0.5, 0.6) is 11.5 Å². The van der Waals surface area contributed by atoms with E-state index in [1.165, 1.54) is 19.2 Å². The molecule has 0 unspecified atom stereocenters. The first-order valence-electron chi connectivity index (χ1n) is 8.62. The van der Waals surface area contributed by atoms with Gasteiger partial charge in [-0.3, -0.25) is 0 Å². The van der Waals surface area contributed by atoms with E-state index >= 15 is 0 Å². The Kier molecular flexibility index (Phi) is 6.77. The minimum absolute atomic E-state index is 0.244. The lowest BCUT2D eigenvalue weighted by Crippen LogP contribution is -1.98. The fraction of sp³-hybridized carbons (Fsp3) is 0.0870. The molecule has 6 heteroatoms. The van der Waals surface area contributed by atoms with Crippen molar-refractivity contribution in [2.75, 3.05) is 7.11 Å². The quantitative estimate of drug-likeness (QED) is 0.321. The Morgan fingerprint density at radius 2 is 1.90 bits per heavy atom. The highest BCUT2D eigenvalue weighted by Gasteiger charge is 2.09. The molecule has 0 aliphatic heterocycles. The number of hydrogen-bond acceptors (Lipinski definition) is 3. The van der Waals surface area contributed by atoms with Gasteiger partial charge in [0.15, 0.2) is 11.5 Å². The van der Waals surface area contributed by atoms with Crippen molar-refractivity contribution in [3.05, 3.63) is 93.2 Å². The van der Waals surface area contributed by atoms with Crippen LogP contribution in [0.3, 0.4) is 0 Å². The maximum absolute atomic E-state index is 13.5. The van der Waals surface area contributed by atoms with Gasteiger partial charge in [-0.2, -0.15) is 5.26 Å². The van der Waals surface area contributed by atoms with Crippen molar-refractivity contribution in [3.8, 4) is 17.6 Å². The summed E-state index contributed by atoms with van der Waals surface area (Å²) in [7, 11) is 1.53. The lowest BCUT2D eigenvalue weighted by atomic mass is 10.0. The highest BCUT2D eigenvalue weighted by Crippen LogP contribution is 2.31. The predicted molar refractivity (Wildman–Crippen MR) is 114 cm³/mol. The van der Waals surface area contributed by atoms with Crippen LogP contribution in [0, 0.1) is 17.1 Å². The van der Waals surface area contributed by atoms with Crippen LogP contribution < -0.4 is 9.47 Å². The van der Waals surface area contributed by atoms with Crippen LogP contribution in [0.4, 0.5) is 4.39 Å². The van der Waals surface area contributed by atoms with Gasteiger partial charge >= 0.3 is 0 Å². The monoisotopic (exact) mass is 427 g/mol. The second-order valence-electron chi connectivity index (χ2n) is 6.11. The molecule has 3 aromatic rings. The summed E-state index contributed by atoms with van der Waals surface area (Å²) in [6, 6.07) is 18.5. The largest absolute Gasteiger partial charge is 0.493 e. The first-order chi connectivity index (χ1) is 14.0. The third-order valence-corrected chi connectivity index (χ3v) is 4.74. The van der Waals surface area contributed by atoms with Gasteiger partial charge in [0.25, 0.3) is 0 Å². The number of methoxy groups -OCH3 is 1. The second kappa shape index (κ2) is 9.47. The molecule has 0 heterocycles. The number of nitrogens with zero attached hydrogens (tertiary/aromatic N) is 1. The molecule has 29 heavy (non-hydrogen) atoms. The summed E-state index contributed by atoms with van der Waals surface area (Å²) < 4.78 is 24.7. The van der Waals surface area contributed by atoms with E-state index in [1.54, 1.807) is 54.6 Å². The molecule has 3 nitrogen and oxygen atoms in total. The predicted octanol–water partition coefficient (Wildman–Crippen LogP) is 6.78. The van der Waals surface area contributed by atoms with Crippen LogP contribution in [0.1, 0.15) is 16.7 Å². The van der Waals surface area contributed by atoms with Crippen LogP contribution in [0.15, 0.2) is 60.7 Å². The number of ether oxygens (including phenoxy) is 2. The SMILES string of the molecule is COc1cc(/C=C(/C#N)c2cccc(F)c2)ccc1OCc1ccc(Cl)cc1Cl. The summed E-state index contributed by atoms with van der Waals surface area (Å²) in [5.41, 5.74) is 2.36. The van der Waals surface area contributed by atoms with Crippen LogP contribution in [-0.4, -0.2) is 7.11 Å². The summed E-state index contributed by atoms with van der Waals surface area (Å²) in [5, 5.41) is 10.5. The third-order valence-electron chi connectivity index (χ3n) is 4.15. The normalized spacial score (nSPS) is 11.1. The van der Waals surface area contributed by atoms with Gasteiger partial charge < -0.3 is 9.47 Å². The number of hydrogen-bond donors (Lipinski definition) is 0. The van der Waals surface area contributed by atoms with E-state index in [0.717, 1.165) is 11.1 Å². The zero-order chi connectivity index (χ0) is 20.8. The van der Waals surface area contributed by atoms with Crippen molar-refractivity contribution >= 4 is 34.9 Å². The fourth-order valence-electron chi connectivity index (χ4n) is 2.69. The van der Waals surface area contributed by atoms with E-state index in [1.807, 2.05) is 0 Å². The molecule has 0 bridgehead atoms. The third kappa shape index (κ3) is 5.29. The van der Waals surface area contributed by atoms with Crippen LogP contribution in [-0.2, 0) is 6.61 Å². The Labute approximate surface area is 178 Å². The van der Waals surface area contributed by atoms with Gasteiger partial charge in [0.05, 0.1) is 18.8 Å².